The Kier molecular flexibility index (Phi) is 6.45. The summed E-state index contributed by atoms with van der Waals surface area (Å²) in [6.45, 7) is 1.10. The Bertz CT molecular complexity index is 1110. The highest BCUT2D eigenvalue weighted by molar-refractivity contribution is 5.96. The van der Waals surface area contributed by atoms with Gasteiger partial charge in [0.15, 0.2) is 0 Å². The van der Waals surface area contributed by atoms with Crippen molar-refractivity contribution in [3.8, 4) is 0 Å². The molecule has 2 aromatic rings. The van der Waals surface area contributed by atoms with E-state index < -0.39 is 22.4 Å². The van der Waals surface area contributed by atoms with Gasteiger partial charge in [-0.15, -0.1) is 0 Å². The van der Waals surface area contributed by atoms with Crippen LogP contribution in [0.1, 0.15) is 24.0 Å². The number of nitrogens with one attached hydrogen (secondary N) is 1. The number of benzene rings is 2. The molecule has 2 amide bonds. The molecule has 0 spiro atoms. The molecular weight excluding hydrogens is 453 g/mol. The lowest BCUT2D eigenvalue weighted by atomic mass is 9.89. The maximum absolute atomic E-state index is 12.9. The number of hydrogen-bond donors (Lipinski definition) is 1. The molecular formula is C23H23F3N4O4. The summed E-state index contributed by atoms with van der Waals surface area (Å²) < 4.78 is 38.8. The maximum atomic E-state index is 12.9. The molecule has 1 fully saturated rings. The molecule has 0 aliphatic carbocycles. The van der Waals surface area contributed by atoms with Crippen LogP contribution in [-0.2, 0) is 22.2 Å². The third-order valence-corrected chi connectivity index (χ3v) is 6.29. The normalized spacial score (nSPS) is 18.3. The van der Waals surface area contributed by atoms with Crippen molar-refractivity contribution in [2.45, 2.75) is 25.4 Å². The van der Waals surface area contributed by atoms with Gasteiger partial charge in [0.2, 0.25) is 11.8 Å². The molecule has 2 aliphatic rings. The minimum Gasteiger partial charge on any atom is -0.362 e. The Morgan fingerprint density at radius 1 is 1.12 bits per heavy atom. The minimum atomic E-state index is -4.67. The summed E-state index contributed by atoms with van der Waals surface area (Å²) in [5.74, 6) is -0.519. The first-order chi connectivity index (χ1) is 16.1. The summed E-state index contributed by atoms with van der Waals surface area (Å²) >= 11 is 0. The largest absolute Gasteiger partial charge is 0.416 e. The molecule has 2 aliphatic heterocycles. The summed E-state index contributed by atoms with van der Waals surface area (Å²) in [5, 5.41) is 14.2. The van der Waals surface area contributed by atoms with E-state index in [4.69, 9.17) is 0 Å². The van der Waals surface area contributed by atoms with Crippen LogP contribution in [0.2, 0.25) is 0 Å². The fourth-order valence-electron chi connectivity index (χ4n) is 4.41. The molecule has 1 unspecified atom stereocenters. The zero-order valence-corrected chi connectivity index (χ0v) is 18.2. The van der Waals surface area contributed by atoms with Gasteiger partial charge in [0.1, 0.15) is 5.69 Å². The van der Waals surface area contributed by atoms with E-state index in [9.17, 15) is 32.9 Å². The first-order valence-electron chi connectivity index (χ1n) is 10.9. The summed E-state index contributed by atoms with van der Waals surface area (Å²) in [4.78, 5) is 38.8. The first kappa shape index (κ1) is 23.5. The van der Waals surface area contributed by atoms with E-state index in [1.54, 1.807) is 9.80 Å². The molecule has 34 heavy (non-hydrogen) atoms. The Hall–Kier alpha value is -3.63. The van der Waals surface area contributed by atoms with E-state index in [0.717, 1.165) is 23.4 Å². The van der Waals surface area contributed by atoms with Crippen LogP contribution < -0.4 is 10.2 Å². The number of nitro groups is 1. The lowest BCUT2D eigenvalue weighted by molar-refractivity contribution is -0.384. The molecule has 0 bridgehead atoms. The average Bonchev–Trinajstić information content (AvgIpc) is 2.81. The Labute approximate surface area is 193 Å². The van der Waals surface area contributed by atoms with Crippen molar-refractivity contribution in [3.05, 3.63) is 63.7 Å². The molecule has 1 atom stereocenters. The standard InChI is InChI=1S/C23H23F3N4O4/c24-23(25,26)17-6-7-19(20(14-17)30(33)34)28-9-11-29(12-10-28)21(31)8-5-16-13-15-3-1-2-4-18(15)27-22(16)32/h1-4,6-7,14,16H,5,8-13H2,(H,27,32). The van der Waals surface area contributed by atoms with E-state index in [-0.39, 0.29) is 56.0 Å². The molecule has 0 aromatic heterocycles. The maximum Gasteiger partial charge on any atom is 0.416 e. The number of fused-ring (bicyclic) bond motifs is 1. The van der Waals surface area contributed by atoms with Crippen LogP contribution >= 0.6 is 0 Å². The van der Waals surface area contributed by atoms with Gasteiger partial charge in [0.25, 0.3) is 5.69 Å². The summed E-state index contributed by atoms with van der Waals surface area (Å²) in [6.07, 6.45) is -3.50. The van der Waals surface area contributed by atoms with Crippen LogP contribution in [-0.4, -0.2) is 47.8 Å². The Balaban J connectivity index is 1.34. The van der Waals surface area contributed by atoms with Crippen LogP contribution in [0.3, 0.4) is 0 Å². The van der Waals surface area contributed by atoms with Crippen molar-refractivity contribution >= 4 is 28.9 Å². The van der Waals surface area contributed by atoms with Crippen molar-refractivity contribution in [3.63, 3.8) is 0 Å². The van der Waals surface area contributed by atoms with Gasteiger partial charge in [0, 0.05) is 50.3 Å². The number of nitrogens with zero attached hydrogens (tertiary/aromatic N) is 3. The van der Waals surface area contributed by atoms with Gasteiger partial charge in [-0.25, -0.2) is 0 Å². The number of hydrogen-bond acceptors (Lipinski definition) is 5. The minimum absolute atomic E-state index is 0.0997. The number of halogens is 3. The Morgan fingerprint density at radius 3 is 2.50 bits per heavy atom. The van der Waals surface area contributed by atoms with Crippen molar-refractivity contribution in [2.75, 3.05) is 36.4 Å². The van der Waals surface area contributed by atoms with E-state index in [1.165, 1.54) is 0 Å². The van der Waals surface area contributed by atoms with Gasteiger partial charge < -0.3 is 15.1 Å². The number of amides is 2. The van der Waals surface area contributed by atoms with Gasteiger partial charge in [-0.2, -0.15) is 13.2 Å². The average molecular weight is 476 g/mol. The summed E-state index contributed by atoms with van der Waals surface area (Å²) in [7, 11) is 0. The second-order valence-corrected chi connectivity index (χ2v) is 8.41. The van der Waals surface area contributed by atoms with Crippen molar-refractivity contribution in [2.24, 2.45) is 5.92 Å². The van der Waals surface area contributed by atoms with Crippen LogP contribution in [0, 0.1) is 16.0 Å². The van der Waals surface area contributed by atoms with Crippen LogP contribution in [0.25, 0.3) is 0 Å². The third kappa shape index (κ3) is 4.97. The van der Waals surface area contributed by atoms with Crippen LogP contribution in [0.5, 0.6) is 0 Å². The topological polar surface area (TPSA) is 95.8 Å². The molecule has 2 aromatic carbocycles. The number of carbonyl (C=O) groups is 2. The predicted octanol–water partition coefficient (Wildman–Crippen LogP) is 3.85. The molecule has 1 saturated heterocycles. The first-order valence-corrected chi connectivity index (χ1v) is 10.9. The number of nitro benzene ring substituents is 1. The third-order valence-electron chi connectivity index (χ3n) is 6.29. The van der Waals surface area contributed by atoms with Gasteiger partial charge in [-0.05, 0) is 36.6 Å². The van der Waals surface area contributed by atoms with Gasteiger partial charge in [0.05, 0.1) is 10.5 Å². The summed E-state index contributed by atoms with van der Waals surface area (Å²) in [5.41, 5.74) is 0.238. The van der Waals surface area contributed by atoms with Crippen LogP contribution in [0.15, 0.2) is 42.5 Å². The molecule has 0 saturated carbocycles. The number of anilines is 2. The highest BCUT2D eigenvalue weighted by Gasteiger charge is 2.34. The number of para-hydroxylation sites is 1. The van der Waals surface area contributed by atoms with E-state index in [0.29, 0.717) is 18.9 Å². The smallest absolute Gasteiger partial charge is 0.362 e. The zero-order valence-electron chi connectivity index (χ0n) is 18.2. The van der Waals surface area contributed by atoms with Gasteiger partial charge in [-0.1, -0.05) is 18.2 Å². The quantitative estimate of drug-likeness (QED) is 0.523. The van der Waals surface area contributed by atoms with Crippen molar-refractivity contribution in [1.82, 2.24) is 4.90 Å². The SMILES string of the molecule is O=C1Nc2ccccc2CC1CCC(=O)N1CCN(c2ccc(C(F)(F)F)cc2[N+](=O)[O-])CC1. The molecule has 0 radical (unpaired) electrons. The molecule has 4 rings (SSSR count). The second kappa shape index (κ2) is 9.32. The van der Waals surface area contributed by atoms with E-state index in [1.807, 2.05) is 24.3 Å². The van der Waals surface area contributed by atoms with E-state index >= 15 is 0 Å². The van der Waals surface area contributed by atoms with Gasteiger partial charge >= 0.3 is 6.18 Å². The number of carbonyl (C=O) groups excluding carboxylic acids is 2. The fourth-order valence-corrected chi connectivity index (χ4v) is 4.41. The molecule has 11 heteroatoms. The van der Waals surface area contributed by atoms with E-state index in [2.05, 4.69) is 5.32 Å². The van der Waals surface area contributed by atoms with Crippen molar-refractivity contribution < 1.29 is 27.7 Å². The monoisotopic (exact) mass is 476 g/mol. The lowest BCUT2D eigenvalue weighted by Gasteiger charge is -2.36. The molecule has 2 heterocycles. The molecule has 1 N–H and O–H groups in total. The number of rotatable bonds is 5. The zero-order chi connectivity index (χ0) is 24.5. The predicted molar refractivity (Wildman–Crippen MR) is 118 cm³/mol. The summed E-state index contributed by atoms with van der Waals surface area (Å²) in [6, 6.07) is 10.0. The van der Waals surface area contributed by atoms with Crippen LogP contribution in [0.4, 0.5) is 30.2 Å². The fraction of sp³-hybridized carbons (Fsp3) is 0.391. The highest BCUT2D eigenvalue weighted by Crippen LogP contribution is 2.37. The Morgan fingerprint density at radius 2 is 1.82 bits per heavy atom. The number of piperazine rings is 1. The highest BCUT2D eigenvalue weighted by atomic mass is 19.4. The second-order valence-electron chi connectivity index (χ2n) is 8.41. The van der Waals surface area contributed by atoms with Gasteiger partial charge in [-0.3, -0.25) is 19.7 Å². The van der Waals surface area contributed by atoms with Crippen molar-refractivity contribution in [1.29, 1.82) is 0 Å². The number of alkyl halides is 3. The molecule has 180 valence electrons. The lowest BCUT2D eigenvalue weighted by Crippen LogP contribution is -2.49. The molecule has 8 nitrogen and oxygen atoms in total.